The highest BCUT2D eigenvalue weighted by atomic mass is 32.2. The van der Waals surface area contributed by atoms with Crippen molar-refractivity contribution in [3.05, 3.63) is 77.7 Å². The van der Waals surface area contributed by atoms with Gasteiger partial charge in [-0.1, -0.05) is 56.3 Å². The Balaban J connectivity index is 1.57. The maximum absolute atomic E-state index is 12.6. The van der Waals surface area contributed by atoms with E-state index in [-0.39, 0.29) is 23.5 Å². The standard InChI is InChI=1S/C25H32N4O3S/c1-18(2)13-26-23-16-32-24-10-9-20(14-28-33(30,31)25-15-29(3)17-27-25)12-22(24)21(23)11-19-7-5-4-6-8-19/h4-10,12,15,17-18,21,23,26,28H,11,13-14,16H2,1-3H3/t21-,23+/m0/s1. The van der Waals surface area contributed by atoms with E-state index in [1.165, 1.54) is 18.1 Å². The van der Waals surface area contributed by atoms with E-state index in [2.05, 4.69) is 59.2 Å². The molecule has 4 rings (SSSR count). The van der Waals surface area contributed by atoms with Crippen molar-refractivity contribution < 1.29 is 13.2 Å². The fourth-order valence-corrected chi connectivity index (χ4v) is 5.13. The fraction of sp³-hybridized carbons (Fsp3) is 0.400. The first-order valence-corrected chi connectivity index (χ1v) is 12.8. The molecule has 0 saturated carbocycles. The summed E-state index contributed by atoms with van der Waals surface area (Å²) in [6.07, 6.45) is 3.85. The van der Waals surface area contributed by atoms with Crippen LogP contribution in [0, 0.1) is 5.92 Å². The number of aryl methyl sites for hydroxylation is 1. The number of benzene rings is 2. The minimum absolute atomic E-state index is 0.0196. The summed E-state index contributed by atoms with van der Waals surface area (Å²) in [6.45, 7) is 6.11. The Kier molecular flexibility index (Phi) is 7.17. The van der Waals surface area contributed by atoms with Gasteiger partial charge in [0.1, 0.15) is 12.4 Å². The second-order valence-electron chi connectivity index (χ2n) is 9.09. The SMILES string of the molecule is CC(C)CN[C@@H]1COc2ccc(CNS(=O)(=O)c3cn(C)cn3)cc2[C@@H]1Cc1ccccc1. The fourth-order valence-electron chi connectivity index (χ4n) is 4.13. The molecule has 8 heteroatoms. The predicted molar refractivity (Wildman–Crippen MR) is 129 cm³/mol. The van der Waals surface area contributed by atoms with Gasteiger partial charge in [0.05, 0.1) is 6.33 Å². The summed E-state index contributed by atoms with van der Waals surface area (Å²) in [5.74, 6) is 1.63. The number of aromatic nitrogens is 2. The molecule has 0 radical (unpaired) electrons. The van der Waals surface area contributed by atoms with Crippen LogP contribution in [0.3, 0.4) is 0 Å². The summed E-state index contributed by atoms with van der Waals surface area (Å²) < 4.78 is 35.6. The summed E-state index contributed by atoms with van der Waals surface area (Å²) >= 11 is 0. The average Bonchev–Trinajstić information content (AvgIpc) is 3.25. The van der Waals surface area contributed by atoms with Crippen molar-refractivity contribution >= 4 is 10.0 Å². The van der Waals surface area contributed by atoms with Crippen LogP contribution in [0.25, 0.3) is 0 Å². The molecule has 1 aliphatic heterocycles. The second kappa shape index (κ2) is 10.1. The van der Waals surface area contributed by atoms with Gasteiger partial charge in [0.25, 0.3) is 10.0 Å². The van der Waals surface area contributed by atoms with Crippen LogP contribution in [-0.4, -0.2) is 37.2 Å². The van der Waals surface area contributed by atoms with Crippen LogP contribution in [0.1, 0.15) is 36.5 Å². The lowest BCUT2D eigenvalue weighted by Gasteiger charge is -2.35. The van der Waals surface area contributed by atoms with Gasteiger partial charge in [0.2, 0.25) is 0 Å². The zero-order valence-electron chi connectivity index (χ0n) is 19.4. The molecule has 2 heterocycles. The minimum Gasteiger partial charge on any atom is -0.492 e. The number of hydrogen-bond acceptors (Lipinski definition) is 5. The molecule has 2 atom stereocenters. The Morgan fingerprint density at radius 3 is 2.64 bits per heavy atom. The topological polar surface area (TPSA) is 85.3 Å². The van der Waals surface area contributed by atoms with Crippen LogP contribution in [0.15, 0.2) is 66.1 Å². The molecule has 2 aromatic carbocycles. The smallest absolute Gasteiger partial charge is 0.259 e. The number of ether oxygens (including phenoxy) is 1. The Hall–Kier alpha value is -2.68. The lowest BCUT2D eigenvalue weighted by Crippen LogP contribution is -2.44. The van der Waals surface area contributed by atoms with Gasteiger partial charge in [-0.15, -0.1) is 0 Å². The van der Waals surface area contributed by atoms with Gasteiger partial charge in [-0.25, -0.2) is 18.1 Å². The molecule has 0 unspecified atom stereocenters. The number of hydrogen-bond donors (Lipinski definition) is 2. The van der Waals surface area contributed by atoms with E-state index in [0.717, 1.165) is 29.8 Å². The lowest BCUT2D eigenvalue weighted by molar-refractivity contribution is 0.208. The van der Waals surface area contributed by atoms with Gasteiger partial charge in [-0.2, -0.15) is 0 Å². The highest BCUT2D eigenvalue weighted by molar-refractivity contribution is 7.89. The summed E-state index contributed by atoms with van der Waals surface area (Å²) in [5.41, 5.74) is 3.27. The third-order valence-electron chi connectivity index (χ3n) is 5.89. The summed E-state index contributed by atoms with van der Waals surface area (Å²) in [6, 6.07) is 16.6. The Morgan fingerprint density at radius 2 is 1.94 bits per heavy atom. The number of imidazole rings is 1. The second-order valence-corrected chi connectivity index (χ2v) is 10.8. The highest BCUT2D eigenvalue weighted by Gasteiger charge is 2.31. The molecule has 2 N–H and O–H groups in total. The Bertz CT molecular complexity index is 1180. The first-order chi connectivity index (χ1) is 15.8. The molecule has 0 bridgehead atoms. The first kappa shape index (κ1) is 23.5. The van der Waals surface area contributed by atoms with E-state index < -0.39 is 10.0 Å². The minimum atomic E-state index is -3.68. The number of nitrogens with zero attached hydrogens (tertiary/aromatic N) is 2. The van der Waals surface area contributed by atoms with Crippen LogP contribution in [0.2, 0.25) is 0 Å². The van der Waals surface area contributed by atoms with Crippen LogP contribution in [0.4, 0.5) is 0 Å². The number of sulfonamides is 1. The van der Waals surface area contributed by atoms with E-state index in [1.807, 2.05) is 18.2 Å². The van der Waals surface area contributed by atoms with Crippen LogP contribution in [0.5, 0.6) is 5.75 Å². The van der Waals surface area contributed by atoms with Gasteiger partial charge >= 0.3 is 0 Å². The number of fused-ring (bicyclic) bond motifs is 1. The molecule has 0 aliphatic carbocycles. The summed E-state index contributed by atoms with van der Waals surface area (Å²) in [7, 11) is -1.93. The zero-order chi connectivity index (χ0) is 23.4. The van der Waals surface area contributed by atoms with Crippen LogP contribution < -0.4 is 14.8 Å². The van der Waals surface area contributed by atoms with Gasteiger partial charge in [0.15, 0.2) is 5.03 Å². The van der Waals surface area contributed by atoms with Gasteiger partial charge < -0.3 is 14.6 Å². The maximum atomic E-state index is 12.6. The molecule has 1 aliphatic rings. The first-order valence-electron chi connectivity index (χ1n) is 11.3. The van der Waals surface area contributed by atoms with Gasteiger partial charge in [0, 0.05) is 31.7 Å². The third kappa shape index (κ3) is 5.82. The van der Waals surface area contributed by atoms with Crippen molar-refractivity contribution in [1.82, 2.24) is 19.6 Å². The number of nitrogens with one attached hydrogen (secondary N) is 2. The molecule has 1 aromatic heterocycles. The molecule has 33 heavy (non-hydrogen) atoms. The molecule has 0 spiro atoms. The van der Waals surface area contributed by atoms with Crippen molar-refractivity contribution in [1.29, 1.82) is 0 Å². The van der Waals surface area contributed by atoms with E-state index in [9.17, 15) is 8.42 Å². The average molecular weight is 469 g/mol. The number of rotatable bonds is 9. The third-order valence-corrected chi connectivity index (χ3v) is 7.17. The van der Waals surface area contributed by atoms with E-state index in [0.29, 0.717) is 12.5 Å². The molecule has 0 fully saturated rings. The molecular weight excluding hydrogens is 436 g/mol. The maximum Gasteiger partial charge on any atom is 0.259 e. The quantitative estimate of drug-likeness (QED) is 0.504. The van der Waals surface area contributed by atoms with Crippen LogP contribution >= 0.6 is 0 Å². The monoisotopic (exact) mass is 468 g/mol. The van der Waals surface area contributed by atoms with E-state index in [4.69, 9.17) is 4.74 Å². The Labute approximate surface area is 196 Å². The molecular formula is C25H32N4O3S. The predicted octanol–water partition coefficient (Wildman–Crippen LogP) is 3.23. The normalized spacial score (nSPS) is 18.2. The van der Waals surface area contributed by atoms with Crippen molar-refractivity contribution in [2.75, 3.05) is 13.2 Å². The largest absolute Gasteiger partial charge is 0.492 e. The molecule has 7 nitrogen and oxygen atoms in total. The summed E-state index contributed by atoms with van der Waals surface area (Å²) in [4.78, 5) is 3.96. The molecule has 0 amide bonds. The molecule has 176 valence electrons. The molecule has 0 saturated heterocycles. The van der Waals surface area contributed by atoms with Crippen molar-refractivity contribution in [3.63, 3.8) is 0 Å². The molecule has 3 aromatic rings. The Morgan fingerprint density at radius 1 is 1.15 bits per heavy atom. The van der Waals surface area contributed by atoms with E-state index in [1.54, 1.807) is 11.6 Å². The lowest BCUT2D eigenvalue weighted by atomic mass is 9.83. The van der Waals surface area contributed by atoms with Gasteiger partial charge in [-0.3, -0.25) is 0 Å². The van der Waals surface area contributed by atoms with Crippen LogP contribution in [-0.2, 0) is 30.0 Å². The van der Waals surface area contributed by atoms with Gasteiger partial charge in [-0.05, 0) is 41.6 Å². The highest BCUT2D eigenvalue weighted by Crippen LogP contribution is 2.37. The van der Waals surface area contributed by atoms with Crippen molar-refractivity contribution in [2.45, 2.75) is 43.8 Å². The van der Waals surface area contributed by atoms with E-state index >= 15 is 0 Å². The summed E-state index contributed by atoms with van der Waals surface area (Å²) in [5, 5.41) is 3.70. The zero-order valence-corrected chi connectivity index (χ0v) is 20.2. The van der Waals surface area contributed by atoms with Crippen molar-refractivity contribution in [3.8, 4) is 5.75 Å². The van der Waals surface area contributed by atoms with Crippen molar-refractivity contribution in [2.24, 2.45) is 13.0 Å².